The Kier molecular flexibility index (Phi) is 7.07. The van der Waals surface area contributed by atoms with Crippen LogP contribution in [0.4, 0.5) is 5.69 Å². The van der Waals surface area contributed by atoms with Crippen LogP contribution >= 0.6 is 23.5 Å². The lowest BCUT2D eigenvalue weighted by Crippen LogP contribution is -2.29. The van der Waals surface area contributed by atoms with Crippen LogP contribution in [0.25, 0.3) is 5.69 Å². The van der Waals surface area contributed by atoms with Gasteiger partial charge in [-0.1, -0.05) is 55.8 Å². The van der Waals surface area contributed by atoms with E-state index in [2.05, 4.69) is 24.4 Å². The Morgan fingerprint density at radius 3 is 2.69 bits per heavy atom. The molecule has 1 aliphatic carbocycles. The Morgan fingerprint density at radius 2 is 1.91 bits per heavy atom. The van der Waals surface area contributed by atoms with Gasteiger partial charge in [-0.2, -0.15) is 0 Å². The first kappa shape index (κ1) is 24.2. The number of benzene rings is 2. The van der Waals surface area contributed by atoms with Crippen LogP contribution in [0.15, 0.2) is 57.4 Å². The molecule has 35 heavy (non-hydrogen) atoms. The summed E-state index contributed by atoms with van der Waals surface area (Å²) in [5.74, 6) is 0.368. The van der Waals surface area contributed by atoms with Gasteiger partial charge in [-0.15, -0.1) is 11.8 Å². The van der Waals surface area contributed by atoms with Crippen molar-refractivity contribution in [1.29, 1.82) is 0 Å². The van der Waals surface area contributed by atoms with Crippen molar-refractivity contribution < 1.29 is 4.79 Å². The third kappa shape index (κ3) is 4.81. The fourth-order valence-electron chi connectivity index (χ4n) is 5.02. The molecule has 0 unspecified atom stereocenters. The van der Waals surface area contributed by atoms with E-state index in [1.807, 2.05) is 44.2 Å². The predicted octanol–water partition coefficient (Wildman–Crippen LogP) is 6.27. The first-order valence-corrected chi connectivity index (χ1v) is 14.2. The number of carbonyl (C=O) groups is 1. The first-order valence-electron chi connectivity index (χ1n) is 12.4. The highest BCUT2D eigenvalue weighted by Gasteiger charge is 2.39. The number of thioether (sulfide) groups is 2. The average molecular weight is 506 g/mol. The van der Waals surface area contributed by atoms with Crippen LogP contribution < -0.4 is 10.9 Å². The molecule has 1 fully saturated rings. The molecule has 2 aliphatic rings. The molecule has 1 aliphatic heterocycles. The number of aromatic nitrogens is 2. The number of nitrogens with one attached hydrogen (secondary N) is 1. The summed E-state index contributed by atoms with van der Waals surface area (Å²) >= 11 is 3.09. The lowest BCUT2D eigenvalue weighted by molar-refractivity contribution is -0.113. The average Bonchev–Trinajstić information content (AvgIpc) is 3.24. The van der Waals surface area contributed by atoms with Crippen molar-refractivity contribution in [2.24, 2.45) is 0 Å². The summed E-state index contributed by atoms with van der Waals surface area (Å²) < 4.78 is 1.73. The molecule has 1 amide bonds. The van der Waals surface area contributed by atoms with E-state index in [0.29, 0.717) is 10.4 Å². The molecule has 2 heterocycles. The van der Waals surface area contributed by atoms with Crippen LogP contribution in [-0.2, 0) is 11.2 Å². The number of aryl methyl sites for hydroxylation is 2. The topological polar surface area (TPSA) is 64.0 Å². The zero-order chi connectivity index (χ0) is 24.5. The molecule has 2 atom stereocenters. The van der Waals surface area contributed by atoms with E-state index in [0.717, 1.165) is 52.4 Å². The van der Waals surface area contributed by atoms with E-state index < -0.39 is 0 Å². The Balaban J connectivity index is 1.47. The molecule has 2 aromatic carbocycles. The molecule has 0 radical (unpaired) electrons. The van der Waals surface area contributed by atoms with Gasteiger partial charge in [0.25, 0.3) is 5.56 Å². The second-order valence-corrected chi connectivity index (χ2v) is 11.6. The maximum atomic E-state index is 13.9. The van der Waals surface area contributed by atoms with Gasteiger partial charge in [0.2, 0.25) is 5.91 Å². The Bertz CT molecular complexity index is 1320. The Morgan fingerprint density at radius 1 is 1.14 bits per heavy atom. The lowest BCUT2D eigenvalue weighted by Gasteiger charge is -2.24. The molecule has 1 aromatic heterocycles. The summed E-state index contributed by atoms with van der Waals surface area (Å²) in [4.78, 5) is 31.7. The number of amides is 1. The molecular weight excluding hydrogens is 474 g/mol. The minimum absolute atomic E-state index is 0.0265. The van der Waals surface area contributed by atoms with Crippen molar-refractivity contribution in [2.75, 3.05) is 11.1 Å². The number of anilines is 1. The maximum absolute atomic E-state index is 13.9. The van der Waals surface area contributed by atoms with Gasteiger partial charge in [0.05, 0.1) is 17.0 Å². The standard InChI is InChI=1S/C28H31N3O2S2/c1-4-19-12-14-20(15-13-19)31-27(33)25-21-9-5-6-11-23(21)35-26(25)30-28(31)34-16-24(32)29-22-10-7-8-17(2)18(22)3/h7-8,10,12-15,21,23H,4-6,9,11,16H2,1-3H3,(H,29,32)/t21-,23-/m1/s1. The van der Waals surface area contributed by atoms with E-state index >= 15 is 0 Å². The SMILES string of the molecule is CCc1ccc(-n2c(SCC(=O)Nc3cccc(C)c3C)nc3c(c2=O)[C@@H]2CCCC[C@H]2S3)cc1. The lowest BCUT2D eigenvalue weighted by atomic mass is 9.85. The smallest absolute Gasteiger partial charge is 0.263 e. The Hall–Kier alpha value is -2.51. The van der Waals surface area contributed by atoms with Crippen molar-refractivity contribution in [3.63, 3.8) is 0 Å². The summed E-state index contributed by atoms with van der Waals surface area (Å²) in [7, 11) is 0. The second-order valence-electron chi connectivity index (χ2n) is 9.41. The molecule has 182 valence electrons. The number of hydrogen-bond acceptors (Lipinski definition) is 5. The van der Waals surface area contributed by atoms with Gasteiger partial charge in [-0.05, 0) is 68.0 Å². The second kappa shape index (κ2) is 10.2. The van der Waals surface area contributed by atoms with Gasteiger partial charge in [0.15, 0.2) is 5.16 Å². The fraction of sp³-hybridized carbons (Fsp3) is 0.393. The van der Waals surface area contributed by atoms with Gasteiger partial charge in [0, 0.05) is 16.9 Å². The number of rotatable bonds is 6. The highest BCUT2D eigenvalue weighted by molar-refractivity contribution is 8.00. The zero-order valence-electron chi connectivity index (χ0n) is 20.5. The monoisotopic (exact) mass is 505 g/mol. The van der Waals surface area contributed by atoms with Crippen molar-refractivity contribution in [1.82, 2.24) is 9.55 Å². The third-order valence-electron chi connectivity index (χ3n) is 7.20. The summed E-state index contributed by atoms with van der Waals surface area (Å²) in [6.07, 6.45) is 5.52. The summed E-state index contributed by atoms with van der Waals surface area (Å²) in [6, 6.07) is 14.0. The largest absolute Gasteiger partial charge is 0.325 e. The highest BCUT2D eigenvalue weighted by Crippen LogP contribution is 2.50. The van der Waals surface area contributed by atoms with Crippen molar-refractivity contribution in [3.8, 4) is 5.69 Å². The molecule has 5 nitrogen and oxygen atoms in total. The highest BCUT2D eigenvalue weighted by atomic mass is 32.2. The van der Waals surface area contributed by atoms with Gasteiger partial charge in [-0.3, -0.25) is 14.2 Å². The van der Waals surface area contributed by atoms with Crippen LogP contribution in [0.3, 0.4) is 0 Å². The number of hydrogen-bond donors (Lipinski definition) is 1. The van der Waals surface area contributed by atoms with Crippen molar-refractivity contribution >= 4 is 35.1 Å². The predicted molar refractivity (Wildman–Crippen MR) is 145 cm³/mol. The van der Waals surface area contributed by atoms with Crippen molar-refractivity contribution in [2.45, 2.75) is 74.2 Å². The number of carbonyl (C=O) groups excluding carboxylic acids is 1. The van der Waals surface area contributed by atoms with Crippen LogP contribution in [0.2, 0.25) is 0 Å². The van der Waals surface area contributed by atoms with Gasteiger partial charge < -0.3 is 5.32 Å². The molecule has 0 bridgehead atoms. The minimum atomic E-state index is -0.104. The quantitative estimate of drug-likeness (QED) is 0.243. The molecule has 0 saturated heterocycles. The van der Waals surface area contributed by atoms with E-state index in [-0.39, 0.29) is 23.1 Å². The molecular formula is C28H31N3O2S2. The van der Waals surface area contributed by atoms with Gasteiger partial charge in [0.1, 0.15) is 5.03 Å². The van der Waals surface area contributed by atoms with Gasteiger partial charge in [-0.25, -0.2) is 4.98 Å². The van der Waals surface area contributed by atoms with Crippen LogP contribution in [-0.4, -0.2) is 26.5 Å². The van der Waals surface area contributed by atoms with Crippen molar-refractivity contribution in [3.05, 3.63) is 75.1 Å². The first-order chi connectivity index (χ1) is 17.0. The number of nitrogens with zero attached hydrogens (tertiary/aromatic N) is 2. The fourth-order valence-corrected chi connectivity index (χ4v) is 7.40. The summed E-state index contributed by atoms with van der Waals surface area (Å²) in [5.41, 5.74) is 5.96. The minimum Gasteiger partial charge on any atom is -0.325 e. The van der Waals surface area contributed by atoms with E-state index in [9.17, 15) is 9.59 Å². The molecule has 3 aromatic rings. The number of fused-ring (bicyclic) bond motifs is 3. The van der Waals surface area contributed by atoms with E-state index in [1.54, 1.807) is 16.3 Å². The van der Waals surface area contributed by atoms with Crippen LogP contribution in [0.5, 0.6) is 0 Å². The van der Waals surface area contributed by atoms with Gasteiger partial charge >= 0.3 is 0 Å². The molecule has 0 spiro atoms. The van der Waals surface area contributed by atoms with E-state index in [1.165, 1.54) is 30.2 Å². The Labute approximate surface area is 215 Å². The summed E-state index contributed by atoms with van der Waals surface area (Å²) in [6.45, 7) is 6.16. The van der Waals surface area contributed by atoms with E-state index in [4.69, 9.17) is 4.98 Å². The molecule has 1 N–H and O–H groups in total. The normalized spacial score (nSPS) is 18.7. The maximum Gasteiger partial charge on any atom is 0.263 e. The molecule has 7 heteroatoms. The molecule has 5 rings (SSSR count). The van der Waals surface area contributed by atoms with Crippen LogP contribution in [0.1, 0.15) is 60.8 Å². The molecule has 1 saturated carbocycles. The van der Waals surface area contributed by atoms with Crippen LogP contribution in [0, 0.1) is 13.8 Å². The summed E-state index contributed by atoms with van der Waals surface area (Å²) in [5, 5.41) is 4.92. The third-order valence-corrected chi connectivity index (χ3v) is 9.54. The zero-order valence-corrected chi connectivity index (χ0v) is 22.1.